The van der Waals surface area contributed by atoms with Gasteiger partial charge >= 0.3 is 0 Å². The van der Waals surface area contributed by atoms with Crippen LogP contribution in [0, 0.1) is 0 Å². The lowest BCUT2D eigenvalue weighted by molar-refractivity contribution is 0.474. The fourth-order valence-electron chi connectivity index (χ4n) is 4.81. The van der Waals surface area contributed by atoms with Gasteiger partial charge in [0.2, 0.25) is 17.8 Å². The SMILES string of the molecule is CCN(CC)c1ccc(/C=N/Nc2nc(N3CCCCCC3)nc(N3CCCCCC3)n2)c(O)c1. The Morgan fingerprint density at radius 2 is 1.40 bits per heavy atom. The summed E-state index contributed by atoms with van der Waals surface area (Å²) in [6.45, 7) is 9.88. The Labute approximate surface area is 209 Å². The maximum absolute atomic E-state index is 10.5. The van der Waals surface area contributed by atoms with Gasteiger partial charge in [-0.2, -0.15) is 20.1 Å². The molecule has 9 heteroatoms. The van der Waals surface area contributed by atoms with Gasteiger partial charge in [0.25, 0.3) is 0 Å². The molecular weight excluding hydrogens is 440 g/mol. The molecule has 35 heavy (non-hydrogen) atoms. The van der Waals surface area contributed by atoms with Gasteiger partial charge in [0.05, 0.1) is 6.21 Å². The maximum atomic E-state index is 10.5. The predicted octanol–water partition coefficient (Wildman–Crippen LogP) is 4.63. The second kappa shape index (κ2) is 12.6. The number of nitrogens with zero attached hydrogens (tertiary/aromatic N) is 7. The average molecular weight is 481 g/mol. The molecule has 1 aromatic carbocycles. The summed E-state index contributed by atoms with van der Waals surface area (Å²) in [6, 6.07) is 5.67. The third kappa shape index (κ3) is 6.74. The van der Waals surface area contributed by atoms with Crippen molar-refractivity contribution in [2.75, 3.05) is 59.4 Å². The smallest absolute Gasteiger partial charge is 0.250 e. The summed E-state index contributed by atoms with van der Waals surface area (Å²) in [5, 5.41) is 14.9. The van der Waals surface area contributed by atoms with Gasteiger partial charge < -0.3 is 19.8 Å². The van der Waals surface area contributed by atoms with Gasteiger partial charge in [-0.25, -0.2) is 5.43 Å². The Balaban J connectivity index is 1.54. The molecule has 0 aliphatic carbocycles. The Kier molecular flexibility index (Phi) is 8.97. The second-order valence-corrected chi connectivity index (χ2v) is 9.35. The number of aromatic hydroxyl groups is 1. The summed E-state index contributed by atoms with van der Waals surface area (Å²) in [4.78, 5) is 21.1. The molecule has 0 spiro atoms. The largest absolute Gasteiger partial charge is 0.507 e. The van der Waals surface area contributed by atoms with Crippen LogP contribution in [0.2, 0.25) is 0 Å². The lowest BCUT2D eigenvalue weighted by Gasteiger charge is -2.24. The van der Waals surface area contributed by atoms with Crippen LogP contribution < -0.4 is 20.1 Å². The quantitative estimate of drug-likeness (QED) is 0.417. The number of anilines is 4. The van der Waals surface area contributed by atoms with E-state index in [1.165, 1.54) is 25.7 Å². The first kappa shape index (κ1) is 25.0. The van der Waals surface area contributed by atoms with E-state index in [0.29, 0.717) is 11.5 Å². The van der Waals surface area contributed by atoms with Crippen LogP contribution in [0.3, 0.4) is 0 Å². The highest BCUT2D eigenvalue weighted by Crippen LogP contribution is 2.24. The van der Waals surface area contributed by atoms with Crippen molar-refractivity contribution in [1.82, 2.24) is 15.0 Å². The fourth-order valence-corrected chi connectivity index (χ4v) is 4.81. The first-order valence-corrected chi connectivity index (χ1v) is 13.3. The van der Waals surface area contributed by atoms with Crippen LogP contribution in [0.5, 0.6) is 5.75 Å². The highest BCUT2D eigenvalue weighted by molar-refractivity contribution is 5.84. The highest BCUT2D eigenvalue weighted by atomic mass is 16.3. The van der Waals surface area contributed by atoms with E-state index < -0.39 is 0 Å². The Bertz CT molecular complexity index is 924. The van der Waals surface area contributed by atoms with Crippen molar-refractivity contribution >= 4 is 29.7 Å². The average Bonchev–Trinajstić information content (AvgIpc) is 3.32. The molecule has 2 N–H and O–H groups in total. The summed E-state index contributed by atoms with van der Waals surface area (Å²) in [5.74, 6) is 2.09. The minimum atomic E-state index is 0.200. The van der Waals surface area contributed by atoms with Crippen molar-refractivity contribution in [3.05, 3.63) is 23.8 Å². The number of hydrogen-bond donors (Lipinski definition) is 2. The number of hydrazone groups is 1. The molecule has 4 rings (SSSR count). The molecule has 0 amide bonds. The van der Waals surface area contributed by atoms with E-state index in [9.17, 15) is 5.11 Å². The molecule has 2 aliphatic rings. The molecule has 1 aromatic heterocycles. The molecule has 0 atom stereocenters. The number of phenols is 1. The predicted molar refractivity (Wildman–Crippen MR) is 144 cm³/mol. The first-order valence-electron chi connectivity index (χ1n) is 13.3. The highest BCUT2D eigenvalue weighted by Gasteiger charge is 2.19. The van der Waals surface area contributed by atoms with Crippen LogP contribution in [0.15, 0.2) is 23.3 Å². The monoisotopic (exact) mass is 480 g/mol. The van der Waals surface area contributed by atoms with E-state index in [1.54, 1.807) is 12.3 Å². The van der Waals surface area contributed by atoms with Crippen LogP contribution in [0.4, 0.5) is 23.5 Å². The topological polar surface area (TPSA) is 93.0 Å². The molecule has 0 saturated carbocycles. The lowest BCUT2D eigenvalue weighted by Crippen LogP contribution is -2.30. The molecule has 2 fully saturated rings. The fraction of sp³-hybridized carbons (Fsp3) is 0.615. The lowest BCUT2D eigenvalue weighted by atomic mass is 10.2. The van der Waals surface area contributed by atoms with E-state index in [4.69, 9.17) is 15.0 Å². The standard InChI is InChI=1S/C26H40N8O/c1-3-32(4-2)22-14-13-21(23(35)19-22)20-27-31-24-28-25(33-15-9-5-6-10-16-33)30-26(29-24)34-17-11-7-8-12-18-34/h13-14,19-20,35H,3-12,15-18H2,1-2H3,(H,28,29,30,31)/b27-20+. The molecule has 2 saturated heterocycles. The zero-order valence-corrected chi connectivity index (χ0v) is 21.3. The molecular formula is C26H40N8O. The summed E-state index contributed by atoms with van der Waals surface area (Å²) in [7, 11) is 0. The first-order chi connectivity index (χ1) is 17.2. The second-order valence-electron chi connectivity index (χ2n) is 9.35. The van der Waals surface area contributed by atoms with Crippen molar-refractivity contribution in [1.29, 1.82) is 0 Å². The van der Waals surface area contributed by atoms with Crippen molar-refractivity contribution in [3.8, 4) is 5.75 Å². The molecule has 3 heterocycles. The molecule has 2 aliphatic heterocycles. The van der Waals surface area contributed by atoms with Crippen molar-refractivity contribution in [2.24, 2.45) is 5.10 Å². The van der Waals surface area contributed by atoms with Crippen molar-refractivity contribution < 1.29 is 5.11 Å². The summed E-state index contributed by atoms with van der Waals surface area (Å²) in [6.07, 6.45) is 11.3. The molecule has 0 bridgehead atoms. The van der Waals surface area contributed by atoms with E-state index >= 15 is 0 Å². The minimum absolute atomic E-state index is 0.200. The number of nitrogens with one attached hydrogen (secondary N) is 1. The summed E-state index contributed by atoms with van der Waals surface area (Å²) >= 11 is 0. The molecule has 9 nitrogen and oxygen atoms in total. The van der Waals surface area contributed by atoms with E-state index in [0.717, 1.165) is 82.5 Å². The number of benzene rings is 1. The van der Waals surface area contributed by atoms with Crippen LogP contribution in [-0.4, -0.2) is 65.5 Å². The minimum Gasteiger partial charge on any atom is -0.507 e. The normalized spacial score (nSPS) is 17.3. The number of rotatable bonds is 8. The van der Waals surface area contributed by atoms with E-state index in [1.807, 2.05) is 12.1 Å². The van der Waals surface area contributed by atoms with Gasteiger partial charge in [0.15, 0.2) is 0 Å². The molecule has 0 unspecified atom stereocenters. The third-order valence-electron chi connectivity index (χ3n) is 6.90. The molecule has 0 radical (unpaired) electrons. The van der Waals surface area contributed by atoms with Gasteiger partial charge in [-0.3, -0.25) is 0 Å². The van der Waals surface area contributed by atoms with Crippen LogP contribution >= 0.6 is 0 Å². The van der Waals surface area contributed by atoms with Crippen LogP contribution in [0.25, 0.3) is 0 Å². The zero-order valence-electron chi connectivity index (χ0n) is 21.3. The Morgan fingerprint density at radius 1 is 0.857 bits per heavy atom. The van der Waals surface area contributed by atoms with Crippen LogP contribution in [-0.2, 0) is 0 Å². The van der Waals surface area contributed by atoms with E-state index in [-0.39, 0.29) is 5.75 Å². The van der Waals surface area contributed by atoms with Gasteiger partial charge in [-0.15, -0.1) is 0 Å². The van der Waals surface area contributed by atoms with E-state index in [2.05, 4.69) is 39.1 Å². The Hall–Kier alpha value is -3.10. The van der Waals surface area contributed by atoms with Crippen molar-refractivity contribution in [2.45, 2.75) is 65.2 Å². The van der Waals surface area contributed by atoms with Crippen molar-refractivity contribution in [3.63, 3.8) is 0 Å². The van der Waals surface area contributed by atoms with Crippen LogP contribution in [0.1, 0.15) is 70.8 Å². The van der Waals surface area contributed by atoms with Gasteiger partial charge in [0, 0.05) is 56.6 Å². The number of phenolic OH excluding ortho intramolecular Hbond substituents is 1. The number of aromatic nitrogens is 3. The Morgan fingerprint density at radius 3 is 1.89 bits per heavy atom. The molecule has 190 valence electrons. The summed E-state index contributed by atoms with van der Waals surface area (Å²) < 4.78 is 0. The van der Waals surface area contributed by atoms with Gasteiger partial charge in [-0.1, -0.05) is 25.7 Å². The third-order valence-corrected chi connectivity index (χ3v) is 6.90. The maximum Gasteiger partial charge on any atom is 0.250 e. The number of hydrogen-bond acceptors (Lipinski definition) is 9. The van der Waals surface area contributed by atoms with Gasteiger partial charge in [0.1, 0.15) is 5.75 Å². The van der Waals surface area contributed by atoms with Gasteiger partial charge in [-0.05, 0) is 51.7 Å². The molecule has 2 aromatic rings. The summed E-state index contributed by atoms with van der Waals surface area (Å²) in [5.41, 5.74) is 4.64. The zero-order chi connectivity index (χ0) is 24.5.